The number of nitrogens with one attached hydrogen (secondary N) is 6. The highest BCUT2D eigenvalue weighted by molar-refractivity contribution is 7.99. The molecule has 78 heavy (non-hydrogen) atoms. The molecule has 0 amide bonds. The van der Waals surface area contributed by atoms with E-state index in [1.165, 1.54) is 29.9 Å². The van der Waals surface area contributed by atoms with E-state index in [2.05, 4.69) is 114 Å². The molecule has 0 radical (unpaired) electrons. The number of thiol groups is 1. The first-order valence-electron chi connectivity index (χ1n) is 25.6. The van der Waals surface area contributed by atoms with Gasteiger partial charge >= 0.3 is 6.01 Å². The summed E-state index contributed by atoms with van der Waals surface area (Å²) in [5.41, 5.74) is 11.7. The number of nitrogens with two attached hydrogens (primary N) is 2. The zero-order valence-electron chi connectivity index (χ0n) is 43.9. The van der Waals surface area contributed by atoms with Crippen LogP contribution in [-0.4, -0.2) is 161 Å². The van der Waals surface area contributed by atoms with Crippen LogP contribution in [0.25, 0.3) is 0 Å². The van der Waals surface area contributed by atoms with Crippen molar-refractivity contribution in [3.63, 3.8) is 0 Å². The lowest BCUT2D eigenvalue weighted by molar-refractivity contribution is 0.140. The van der Waals surface area contributed by atoms with Crippen LogP contribution in [0.1, 0.15) is 74.0 Å². The molecule has 7 aromatic rings. The van der Waals surface area contributed by atoms with Gasteiger partial charge in [-0.25, -0.2) is 19.9 Å². The van der Waals surface area contributed by atoms with Crippen molar-refractivity contribution < 1.29 is 9.47 Å². The number of aryl methyl sites for hydroxylation is 6. The Hall–Kier alpha value is -7.51. The summed E-state index contributed by atoms with van der Waals surface area (Å²) in [4.78, 5) is 81.7. The van der Waals surface area contributed by atoms with Crippen molar-refractivity contribution in [2.75, 3.05) is 114 Å². The van der Waals surface area contributed by atoms with Gasteiger partial charge < -0.3 is 52.8 Å². The monoisotopic (exact) mass is 1120 g/mol. The molecule has 10 N–H and O–H groups in total. The van der Waals surface area contributed by atoms with Crippen molar-refractivity contribution in [3.8, 4) is 6.01 Å². The summed E-state index contributed by atoms with van der Waals surface area (Å²) in [6.07, 6.45) is 8.05. The fourth-order valence-electron chi connectivity index (χ4n) is 7.05. The fraction of sp³-hybridized carbons (Fsp3) is 0.489. The number of hydrogen-bond donors (Lipinski definition) is 9. The average molecular weight is 1120 g/mol. The minimum Gasteiger partial charge on any atom is -0.461 e. The van der Waals surface area contributed by atoms with Gasteiger partial charge in [0.1, 0.15) is 47.9 Å². The SMILES string of the molecule is CCSc1nc(NCCCc2nc(NCCCc3nc(NCCS)nc(NCCCc4ncnc(NCCCc5nc(N)nc(NCCCc6nc(C)nc(N)n6)n5)n4)n3)nc(Sc3ccccc3)n2)nc(OCCOC)n1. The third kappa shape index (κ3) is 21.1. The van der Waals surface area contributed by atoms with Crippen LogP contribution in [-0.2, 0) is 36.8 Å². The van der Waals surface area contributed by atoms with Gasteiger partial charge in [-0.1, -0.05) is 36.9 Å². The first-order valence-corrected chi connectivity index (χ1v) is 28.0. The van der Waals surface area contributed by atoms with Crippen molar-refractivity contribution >= 4 is 83.7 Å². The number of ether oxygens (including phenoxy) is 2. The highest BCUT2D eigenvalue weighted by Crippen LogP contribution is 2.25. The molecule has 0 unspecified atom stereocenters. The van der Waals surface area contributed by atoms with E-state index in [0.29, 0.717) is 191 Å². The number of nitrogens with zero attached hydrogens (tertiary/aromatic N) is 18. The number of nitrogen functional groups attached to an aromatic ring is 2. The molecule has 0 aliphatic carbocycles. The lowest BCUT2D eigenvalue weighted by atomic mass is 10.3. The lowest BCUT2D eigenvalue weighted by Crippen LogP contribution is -2.15. The first-order chi connectivity index (χ1) is 38.2. The summed E-state index contributed by atoms with van der Waals surface area (Å²) in [5, 5.41) is 21.0. The second-order valence-electron chi connectivity index (χ2n) is 16.8. The fourth-order valence-corrected chi connectivity index (χ4v) is 8.50. The van der Waals surface area contributed by atoms with Gasteiger partial charge in [-0.15, -0.1) is 0 Å². The highest BCUT2D eigenvalue weighted by Gasteiger charge is 2.13. The van der Waals surface area contributed by atoms with Gasteiger partial charge in [0.05, 0.1) is 6.61 Å². The molecule has 414 valence electrons. The maximum Gasteiger partial charge on any atom is 0.322 e. The van der Waals surface area contributed by atoms with E-state index in [9.17, 15) is 0 Å². The Bertz CT molecular complexity index is 2900. The van der Waals surface area contributed by atoms with Gasteiger partial charge in [0.15, 0.2) is 10.3 Å². The minimum absolute atomic E-state index is 0.149. The molecule has 31 heteroatoms. The van der Waals surface area contributed by atoms with Gasteiger partial charge in [0.25, 0.3) is 0 Å². The Morgan fingerprint density at radius 3 is 1.59 bits per heavy atom. The first kappa shape index (κ1) is 58.2. The van der Waals surface area contributed by atoms with Crippen LogP contribution in [0.2, 0.25) is 0 Å². The summed E-state index contributed by atoms with van der Waals surface area (Å²) in [6.45, 7) is 8.09. The molecule has 0 spiro atoms. The van der Waals surface area contributed by atoms with Crippen LogP contribution in [0.5, 0.6) is 6.01 Å². The normalized spacial score (nSPS) is 11.1. The van der Waals surface area contributed by atoms with Crippen molar-refractivity contribution in [3.05, 3.63) is 71.6 Å². The molecule has 1 aromatic carbocycles. The molecule has 28 nitrogen and oxygen atoms in total. The molecule has 6 heterocycles. The maximum absolute atomic E-state index is 5.99. The summed E-state index contributed by atoms with van der Waals surface area (Å²) in [5.74, 6) is 8.36. The quantitative estimate of drug-likeness (QED) is 0.0151. The van der Waals surface area contributed by atoms with Crippen LogP contribution >= 0.6 is 36.2 Å². The molecule has 0 fully saturated rings. The number of benzene rings is 1. The molecule has 6 aromatic heterocycles. The molecular weight excluding hydrogens is 1060 g/mol. The third-order valence-corrected chi connectivity index (χ3v) is 12.3. The summed E-state index contributed by atoms with van der Waals surface area (Å²) in [7, 11) is 1.62. The van der Waals surface area contributed by atoms with Crippen LogP contribution in [0.15, 0.2) is 51.9 Å². The van der Waals surface area contributed by atoms with E-state index >= 15 is 0 Å². The van der Waals surface area contributed by atoms with E-state index in [1.54, 1.807) is 14.0 Å². The molecule has 0 bridgehead atoms. The van der Waals surface area contributed by atoms with E-state index in [1.807, 2.05) is 37.3 Å². The van der Waals surface area contributed by atoms with Crippen LogP contribution < -0.4 is 48.1 Å². The predicted molar refractivity (Wildman–Crippen MR) is 303 cm³/mol. The predicted octanol–water partition coefficient (Wildman–Crippen LogP) is 4.12. The molecule has 0 saturated heterocycles. The Balaban J connectivity index is 0.851. The van der Waals surface area contributed by atoms with Crippen molar-refractivity contribution in [2.45, 2.75) is 93.3 Å². The Morgan fingerprint density at radius 2 is 0.987 bits per heavy atom. The smallest absolute Gasteiger partial charge is 0.322 e. The molecule has 7 rings (SSSR count). The number of anilines is 8. The minimum atomic E-state index is 0.149. The van der Waals surface area contributed by atoms with Crippen LogP contribution in [0, 0.1) is 6.92 Å². The van der Waals surface area contributed by atoms with Gasteiger partial charge in [0, 0.05) is 89.1 Å². The largest absolute Gasteiger partial charge is 0.461 e. The summed E-state index contributed by atoms with van der Waals surface area (Å²) < 4.78 is 10.8. The van der Waals surface area contributed by atoms with Crippen LogP contribution in [0.3, 0.4) is 0 Å². The van der Waals surface area contributed by atoms with E-state index in [4.69, 9.17) is 40.9 Å². The van der Waals surface area contributed by atoms with Crippen molar-refractivity contribution in [2.24, 2.45) is 0 Å². The van der Waals surface area contributed by atoms with Gasteiger partial charge in [0.2, 0.25) is 47.6 Å². The zero-order chi connectivity index (χ0) is 54.6. The van der Waals surface area contributed by atoms with E-state index in [-0.39, 0.29) is 17.9 Å². The molecule has 0 atom stereocenters. The molecule has 0 aliphatic rings. The van der Waals surface area contributed by atoms with Crippen molar-refractivity contribution in [1.82, 2.24) is 89.7 Å². The topological polar surface area (TPSA) is 375 Å². The lowest BCUT2D eigenvalue weighted by Gasteiger charge is -2.11. The standard InChI is InChI=1S/C47H66N26O2S3/c1-4-77-46-71-44(70-45(73-46)75-27-26-74-3)54-24-12-19-36-66-43(72-47(67-36)78-31-13-6-5-7-14-31)53-23-11-18-35-64-41(69-42(65-35)55-25-28-76)52-21-8-15-32-56-29-57-39(62-32)50-20-10-17-34-61-38(49)68-40(63-34)51-22-9-16-33-58-30(2)59-37(48)60-33/h5-7,13-14,29,76H,4,8-12,15-28H2,1-3H3,(H2,48,58,59,60)(H,50,56,57,62)(H,53,66,67,72)(H,54,70,71,73)(H3,49,51,61,63,68)(H2,52,55,64,65,69). The average Bonchev–Trinajstić information content (AvgIpc) is 3.42. The Labute approximate surface area is 466 Å². The number of rotatable bonds is 36. The van der Waals surface area contributed by atoms with Gasteiger partial charge in [-0.3, -0.25) is 0 Å². The van der Waals surface area contributed by atoms with E-state index < -0.39 is 0 Å². The second kappa shape index (κ2) is 32.3. The summed E-state index contributed by atoms with van der Waals surface area (Å²) in [6, 6.07) is 10.3. The van der Waals surface area contributed by atoms with Gasteiger partial charge in [-0.05, 0) is 68.7 Å². The van der Waals surface area contributed by atoms with Crippen LogP contribution in [0.4, 0.5) is 47.6 Å². The molecule has 0 saturated carbocycles. The molecule has 0 aliphatic heterocycles. The zero-order valence-corrected chi connectivity index (χ0v) is 46.4. The maximum atomic E-state index is 5.99. The Kier molecular flexibility index (Phi) is 24.1. The highest BCUT2D eigenvalue weighted by atomic mass is 32.2. The van der Waals surface area contributed by atoms with Gasteiger partial charge in [-0.2, -0.15) is 82.4 Å². The number of aromatic nitrogens is 18. The Morgan fingerprint density at radius 1 is 0.487 bits per heavy atom. The summed E-state index contributed by atoms with van der Waals surface area (Å²) >= 11 is 7.36. The van der Waals surface area contributed by atoms with Crippen molar-refractivity contribution in [1.29, 1.82) is 0 Å². The number of thioether (sulfide) groups is 1. The third-order valence-electron chi connectivity index (χ3n) is 10.5. The molecular formula is C47H66N26O2S3. The second-order valence-corrected chi connectivity index (χ2v) is 19.5. The number of hydrogen-bond acceptors (Lipinski definition) is 31. The number of methoxy groups -OCH3 is 1. The van der Waals surface area contributed by atoms with E-state index in [0.717, 1.165) is 23.5 Å².